The van der Waals surface area contributed by atoms with Crippen molar-refractivity contribution in [3.63, 3.8) is 0 Å². The Morgan fingerprint density at radius 2 is 1.52 bits per heavy atom. The van der Waals surface area contributed by atoms with Crippen molar-refractivity contribution in [3.05, 3.63) is 64.2 Å². The van der Waals surface area contributed by atoms with Crippen LogP contribution in [0.5, 0.6) is 0 Å². The molecule has 0 radical (unpaired) electrons. The first-order valence-corrected chi connectivity index (χ1v) is 9.38. The van der Waals surface area contributed by atoms with Gasteiger partial charge in [0.15, 0.2) is 0 Å². The van der Waals surface area contributed by atoms with Crippen molar-refractivity contribution in [1.29, 1.82) is 0 Å². The van der Waals surface area contributed by atoms with Gasteiger partial charge in [0.2, 0.25) is 5.91 Å². The average Bonchev–Trinajstić information content (AvgIpc) is 2.96. The van der Waals surface area contributed by atoms with Gasteiger partial charge in [-0.3, -0.25) is 9.59 Å². The number of aromatic nitrogens is 1. The van der Waals surface area contributed by atoms with Gasteiger partial charge in [-0.2, -0.15) is 0 Å². The van der Waals surface area contributed by atoms with Crippen molar-refractivity contribution >= 4 is 34.5 Å². The van der Waals surface area contributed by atoms with Gasteiger partial charge in [0.25, 0.3) is 5.91 Å². The van der Waals surface area contributed by atoms with E-state index in [9.17, 15) is 9.59 Å². The smallest absolute Gasteiger partial charge is 0.275 e. The number of hydrogen-bond donors (Lipinski definition) is 2. The third-order valence-electron chi connectivity index (χ3n) is 3.94. The van der Waals surface area contributed by atoms with Crippen molar-refractivity contribution in [2.45, 2.75) is 27.7 Å². The molecule has 2 aromatic carbocycles. The van der Waals surface area contributed by atoms with Gasteiger partial charge in [0.1, 0.15) is 10.7 Å². The predicted octanol–water partition coefficient (Wildman–Crippen LogP) is 4.95. The van der Waals surface area contributed by atoms with Crippen LogP contribution in [0.15, 0.2) is 42.5 Å². The van der Waals surface area contributed by atoms with Crippen LogP contribution in [-0.2, 0) is 4.79 Å². The number of aryl methyl sites for hydroxylation is 3. The van der Waals surface area contributed by atoms with Gasteiger partial charge in [-0.25, -0.2) is 4.98 Å². The standard InChI is InChI=1S/C21H21N3O2S/c1-12-9-13(2)11-18(10-12)23-20(26)19-14(3)27-21(24-19)16-5-7-17(8-6-16)22-15(4)25/h5-11H,1-4H3,(H,22,25)(H,23,26). The second kappa shape index (κ2) is 7.72. The predicted molar refractivity (Wildman–Crippen MR) is 110 cm³/mol. The molecule has 0 unspecified atom stereocenters. The molecule has 6 heteroatoms. The Kier molecular flexibility index (Phi) is 5.37. The molecule has 2 N–H and O–H groups in total. The van der Waals surface area contributed by atoms with Crippen LogP contribution < -0.4 is 10.6 Å². The minimum atomic E-state index is -0.213. The summed E-state index contributed by atoms with van der Waals surface area (Å²) < 4.78 is 0. The first kappa shape index (κ1) is 18.8. The molecular weight excluding hydrogens is 358 g/mol. The Morgan fingerprint density at radius 3 is 2.11 bits per heavy atom. The van der Waals surface area contributed by atoms with Gasteiger partial charge < -0.3 is 10.6 Å². The number of anilines is 2. The first-order chi connectivity index (χ1) is 12.8. The molecule has 1 heterocycles. The molecule has 3 aromatic rings. The van der Waals surface area contributed by atoms with Gasteiger partial charge in [-0.1, -0.05) is 6.07 Å². The van der Waals surface area contributed by atoms with E-state index >= 15 is 0 Å². The Hall–Kier alpha value is -2.99. The summed E-state index contributed by atoms with van der Waals surface area (Å²) in [5, 5.41) is 6.44. The maximum Gasteiger partial charge on any atom is 0.275 e. The summed E-state index contributed by atoms with van der Waals surface area (Å²) in [7, 11) is 0. The van der Waals surface area contributed by atoms with Crippen LogP contribution in [0.1, 0.15) is 33.4 Å². The van der Waals surface area contributed by atoms with E-state index in [2.05, 4.69) is 21.7 Å². The van der Waals surface area contributed by atoms with Crippen LogP contribution in [-0.4, -0.2) is 16.8 Å². The number of rotatable bonds is 4. The molecule has 138 valence electrons. The number of amides is 2. The van der Waals surface area contributed by atoms with Crippen molar-refractivity contribution in [1.82, 2.24) is 4.98 Å². The Bertz CT molecular complexity index is 987. The lowest BCUT2D eigenvalue weighted by Crippen LogP contribution is -2.13. The van der Waals surface area contributed by atoms with E-state index in [1.54, 1.807) is 0 Å². The zero-order valence-corrected chi connectivity index (χ0v) is 16.5. The van der Waals surface area contributed by atoms with E-state index in [-0.39, 0.29) is 11.8 Å². The van der Waals surface area contributed by atoms with Crippen molar-refractivity contribution in [3.8, 4) is 10.6 Å². The highest BCUT2D eigenvalue weighted by Gasteiger charge is 2.17. The normalized spacial score (nSPS) is 10.5. The lowest BCUT2D eigenvalue weighted by Gasteiger charge is -2.06. The fourth-order valence-corrected chi connectivity index (χ4v) is 3.78. The molecule has 0 aliphatic heterocycles. The number of hydrogen-bond acceptors (Lipinski definition) is 4. The molecule has 0 saturated carbocycles. The largest absolute Gasteiger partial charge is 0.326 e. The van der Waals surface area contributed by atoms with Crippen molar-refractivity contribution in [2.24, 2.45) is 0 Å². The lowest BCUT2D eigenvalue weighted by atomic mass is 10.1. The molecule has 0 fully saturated rings. The third-order valence-corrected chi connectivity index (χ3v) is 4.96. The average molecular weight is 379 g/mol. The number of nitrogens with zero attached hydrogens (tertiary/aromatic N) is 1. The highest BCUT2D eigenvalue weighted by molar-refractivity contribution is 7.15. The number of benzene rings is 2. The molecule has 0 atom stereocenters. The first-order valence-electron chi connectivity index (χ1n) is 8.57. The van der Waals surface area contributed by atoms with Crippen LogP contribution in [0, 0.1) is 20.8 Å². The molecule has 0 aliphatic rings. The summed E-state index contributed by atoms with van der Waals surface area (Å²) in [4.78, 5) is 29.2. The van der Waals surface area contributed by atoms with Crippen molar-refractivity contribution < 1.29 is 9.59 Å². The highest BCUT2D eigenvalue weighted by atomic mass is 32.1. The second-order valence-electron chi connectivity index (χ2n) is 6.51. The fourth-order valence-electron chi connectivity index (χ4n) is 2.87. The SMILES string of the molecule is CC(=O)Nc1ccc(-c2nc(C(=O)Nc3cc(C)cc(C)c3)c(C)s2)cc1. The van der Waals surface area contributed by atoms with E-state index in [0.29, 0.717) is 5.69 Å². The second-order valence-corrected chi connectivity index (χ2v) is 7.72. The van der Waals surface area contributed by atoms with Gasteiger partial charge in [0.05, 0.1) is 0 Å². The van der Waals surface area contributed by atoms with Gasteiger partial charge in [0, 0.05) is 28.7 Å². The van der Waals surface area contributed by atoms with E-state index in [4.69, 9.17) is 0 Å². The monoisotopic (exact) mass is 379 g/mol. The molecule has 0 aliphatic carbocycles. The van der Waals surface area contributed by atoms with Gasteiger partial charge in [-0.05, 0) is 68.3 Å². The minimum Gasteiger partial charge on any atom is -0.326 e. The molecule has 0 saturated heterocycles. The summed E-state index contributed by atoms with van der Waals surface area (Å²) >= 11 is 1.47. The van der Waals surface area contributed by atoms with Gasteiger partial charge in [-0.15, -0.1) is 11.3 Å². The molecule has 0 spiro atoms. The van der Waals surface area contributed by atoms with Crippen LogP contribution in [0.4, 0.5) is 11.4 Å². The van der Waals surface area contributed by atoms with Gasteiger partial charge >= 0.3 is 0 Å². The van der Waals surface area contributed by atoms with Crippen LogP contribution in [0.2, 0.25) is 0 Å². The number of carbonyl (C=O) groups excluding carboxylic acids is 2. The maximum absolute atomic E-state index is 12.7. The van der Waals surface area contributed by atoms with E-state index in [0.717, 1.165) is 37.9 Å². The molecule has 1 aromatic heterocycles. The zero-order valence-electron chi connectivity index (χ0n) is 15.7. The Balaban J connectivity index is 1.81. The summed E-state index contributed by atoms with van der Waals surface area (Å²) in [5.41, 5.74) is 5.03. The molecule has 2 amide bonds. The topological polar surface area (TPSA) is 71.1 Å². The zero-order chi connectivity index (χ0) is 19.6. The summed E-state index contributed by atoms with van der Waals surface area (Å²) in [6, 6.07) is 13.4. The number of carbonyl (C=O) groups is 2. The fraction of sp³-hybridized carbons (Fsp3) is 0.190. The Labute approximate surface area is 162 Å². The maximum atomic E-state index is 12.7. The molecule has 0 bridgehead atoms. The summed E-state index contributed by atoms with van der Waals surface area (Å²) in [6.07, 6.45) is 0. The van der Waals surface area contributed by atoms with Crippen LogP contribution >= 0.6 is 11.3 Å². The van der Waals surface area contributed by atoms with Crippen LogP contribution in [0.25, 0.3) is 10.6 Å². The van der Waals surface area contributed by atoms with E-state index < -0.39 is 0 Å². The molecule has 27 heavy (non-hydrogen) atoms. The van der Waals surface area contributed by atoms with Crippen LogP contribution in [0.3, 0.4) is 0 Å². The molecular formula is C21H21N3O2S. The number of thiazole rings is 1. The summed E-state index contributed by atoms with van der Waals surface area (Å²) in [5.74, 6) is -0.326. The van der Waals surface area contributed by atoms with E-state index in [1.165, 1.54) is 18.3 Å². The van der Waals surface area contributed by atoms with E-state index in [1.807, 2.05) is 57.2 Å². The number of nitrogens with one attached hydrogen (secondary N) is 2. The minimum absolute atomic E-state index is 0.113. The molecule has 3 rings (SSSR count). The Morgan fingerprint density at radius 1 is 0.889 bits per heavy atom. The highest BCUT2D eigenvalue weighted by Crippen LogP contribution is 2.29. The van der Waals surface area contributed by atoms with Crippen molar-refractivity contribution in [2.75, 3.05) is 10.6 Å². The lowest BCUT2D eigenvalue weighted by molar-refractivity contribution is -0.114. The quantitative estimate of drug-likeness (QED) is 0.674. The molecule has 5 nitrogen and oxygen atoms in total. The third kappa shape index (κ3) is 4.60. The summed E-state index contributed by atoms with van der Waals surface area (Å²) in [6.45, 7) is 7.36.